The molecule has 0 spiro atoms. The average Bonchev–Trinajstić information content (AvgIpc) is 2.09. The van der Waals surface area contributed by atoms with E-state index < -0.39 is 0 Å². The molecular formula is C7H8BrN3O. The van der Waals surface area contributed by atoms with Gasteiger partial charge in [0.05, 0.1) is 12.7 Å². The number of nitrogen functional groups attached to an aromatic ring is 1. The Morgan fingerprint density at radius 3 is 2.92 bits per heavy atom. The van der Waals surface area contributed by atoms with E-state index in [0.29, 0.717) is 17.3 Å². The monoisotopic (exact) mass is 229 g/mol. The largest absolute Gasteiger partial charge is 0.480 e. The number of nitrogens with two attached hydrogens (primary N) is 1. The molecule has 1 heterocycles. The van der Waals surface area contributed by atoms with E-state index in [4.69, 9.17) is 10.5 Å². The van der Waals surface area contributed by atoms with Crippen LogP contribution >= 0.6 is 15.9 Å². The first-order valence-electron chi connectivity index (χ1n) is 3.20. The standard InChI is InChI=1S/C7H8BrN3O/c1-12-7-5(2-3-8)6(9)10-4-11-7/h2-4H,1H3,(H2,9,10,11)/b3-2+. The molecule has 0 radical (unpaired) electrons. The second-order valence-corrected chi connectivity index (χ2v) is 2.50. The molecule has 0 fully saturated rings. The maximum Gasteiger partial charge on any atom is 0.225 e. The highest BCUT2D eigenvalue weighted by molar-refractivity contribution is 9.11. The minimum Gasteiger partial charge on any atom is -0.480 e. The van der Waals surface area contributed by atoms with Gasteiger partial charge in [0.2, 0.25) is 5.88 Å². The molecule has 0 unspecified atom stereocenters. The third-order valence-corrected chi connectivity index (χ3v) is 1.57. The van der Waals surface area contributed by atoms with E-state index in [9.17, 15) is 0 Å². The van der Waals surface area contributed by atoms with E-state index in [1.807, 2.05) is 0 Å². The molecule has 64 valence electrons. The summed E-state index contributed by atoms with van der Waals surface area (Å²) < 4.78 is 4.98. The molecule has 0 aliphatic carbocycles. The summed E-state index contributed by atoms with van der Waals surface area (Å²) in [7, 11) is 1.54. The van der Waals surface area contributed by atoms with E-state index in [0.717, 1.165) is 0 Å². The van der Waals surface area contributed by atoms with Gasteiger partial charge in [-0.3, -0.25) is 0 Å². The lowest BCUT2D eigenvalue weighted by molar-refractivity contribution is 0.396. The van der Waals surface area contributed by atoms with Crippen molar-refractivity contribution in [3.63, 3.8) is 0 Å². The summed E-state index contributed by atoms with van der Waals surface area (Å²) in [4.78, 5) is 9.38. The number of anilines is 1. The summed E-state index contributed by atoms with van der Waals surface area (Å²) >= 11 is 3.14. The molecule has 0 aromatic carbocycles. The lowest BCUT2D eigenvalue weighted by Crippen LogP contribution is -1.98. The lowest BCUT2D eigenvalue weighted by atomic mass is 10.3. The minimum absolute atomic E-state index is 0.401. The quantitative estimate of drug-likeness (QED) is 0.834. The van der Waals surface area contributed by atoms with Gasteiger partial charge < -0.3 is 10.5 Å². The van der Waals surface area contributed by atoms with Crippen LogP contribution in [0, 0.1) is 0 Å². The van der Waals surface area contributed by atoms with Crippen molar-refractivity contribution in [3.05, 3.63) is 16.9 Å². The third kappa shape index (κ3) is 1.73. The molecule has 12 heavy (non-hydrogen) atoms. The van der Waals surface area contributed by atoms with Gasteiger partial charge in [-0.2, -0.15) is 0 Å². The zero-order chi connectivity index (χ0) is 8.97. The van der Waals surface area contributed by atoms with Crippen molar-refractivity contribution in [1.82, 2.24) is 9.97 Å². The average molecular weight is 230 g/mol. The first-order chi connectivity index (χ1) is 5.79. The number of halogens is 1. The molecule has 0 atom stereocenters. The summed E-state index contributed by atoms with van der Waals surface area (Å²) in [6, 6.07) is 0. The first-order valence-corrected chi connectivity index (χ1v) is 4.12. The number of hydrogen-bond donors (Lipinski definition) is 1. The molecule has 0 aliphatic rings. The molecular weight excluding hydrogens is 222 g/mol. The van der Waals surface area contributed by atoms with Gasteiger partial charge in [0.25, 0.3) is 0 Å². The zero-order valence-corrected chi connectivity index (χ0v) is 8.08. The molecule has 5 heteroatoms. The second kappa shape index (κ2) is 4.06. The van der Waals surface area contributed by atoms with Gasteiger partial charge in [-0.05, 0) is 11.1 Å². The smallest absolute Gasteiger partial charge is 0.225 e. The van der Waals surface area contributed by atoms with Gasteiger partial charge in [0.1, 0.15) is 12.1 Å². The summed E-state index contributed by atoms with van der Waals surface area (Å²) in [5.74, 6) is 0.871. The summed E-state index contributed by atoms with van der Waals surface area (Å²) in [6.45, 7) is 0. The van der Waals surface area contributed by atoms with Crippen LogP contribution in [0.25, 0.3) is 6.08 Å². The molecule has 0 amide bonds. The number of methoxy groups -OCH3 is 1. The van der Waals surface area contributed by atoms with Crippen molar-refractivity contribution in [3.8, 4) is 5.88 Å². The highest BCUT2D eigenvalue weighted by atomic mass is 79.9. The molecule has 1 rings (SSSR count). The van der Waals surface area contributed by atoms with Crippen LogP contribution in [-0.2, 0) is 0 Å². The van der Waals surface area contributed by atoms with Crippen molar-refractivity contribution in [2.75, 3.05) is 12.8 Å². The molecule has 0 saturated heterocycles. The van der Waals surface area contributed by atoms with Crippen molar-refractivity contribution >= 4 is 27.8 Å². The number of hydrogen-bond acceptors (Lipinski definition) is 4. The fourth-order valence-corrected chi connectivity index (χ4v) is 1.04. The van der Waals surface area contributed by atoms with E-state index in [1.165, 1.54) is 13.4 Å². The van der Waals surface area contributed by atoms with Crippen molar-refractivity contribution in [2.24, 2.45) is 0 Å². The van der Waals surface area contributed by atoms with Crippen molar-refractivity contribution < 1.29 is 4.74 Å². The van der Waals surface area contributed by atoms with Crippen LogP contribution < -0.4 is 10.5 Å². The normalized spacial score (nSPS) is 10.5. The Bertz CT molecular complexity index is 301. The Morgan fingerprint density at radius 1 is 1.58 bits per heavy atom. The predicted octanol–water partition coefficient (Wildman–Crippen LogP) is 1.43. The number of nitrogens with zero attached hydrogens (tertiary/aromatic N) is 2. The lowest BCUT2D eigenvalue weighted by Gasteiger charge is -2.03. The fourth-order valence-electron chi connectivity index (χ4n) is 0.774. The molecule has 2 N–H and O–H groups in total. The zero-order valence-electron chi connectivity index (χ0n) is 6.49. The van der Waals surface area contributed by atoms with Crippen LogP contribution in [0.4, 0.5) is 5.82 Å². The van der Waals surface area contributed by atoms with Gasteiger partial charge in [0.15, 0.2) is 0 Å². The van der Waals surface area contributed by atoms with Gasteiger partial charge >= 0.3 is 0 Å². The molecule has 1 aromatic heterocycles. The van der Waals surface area contributed by atoms with Crippen LogP contribution in [0.3, 0.4) is 0 Å². The highest BCUT2D eigenvalue weighted by Gasteiger charge is 2.04. The van der Waals surface area contributed by atoms with Gasteiger partial charge in [0, 0.05) is 0 Å². The Kier molecular flexibility index (Phi) is 3.04. The highest BCUT2D eigenvalue weighted by Crippen LogP contribution is 2.20. The predicted molar refractivity (Wildman–Crippen MR) is 51.0 cm³/mol. The van der Waals surface area contributed by atoms with Crippen molar-refractivity contribution in [2.45, 2.75) is 0 Å². The second-order valence-electron chi connectivity index (χ2n) is 1.97. The molecule has 0 aliphatic heterocycles. The Balaban J connectivity index is 3.19. The van der Waals surface area contributed by atoms with Crippen LogP contribution in [0.5, 0.6) is 5.88 Å². The topological polar surface area (TPSA) is 61.0 Å². The van der Waals surface area contributed by atoms with Gasteiger partial charge in [-0.25, -0.2) is 9.97 Å². The Morgan fingerprint density at radius 2 is 2.33 bits per heavy atom. The van der Waals surface area contributed by atoms with E-state index in [1.54, 1.807) is 11.1 Å². The third-order valence-electron chi connectivity index (χ3n) is 1.30. The van der Waals surface area contributed by atoms with E-state index in [2.05, 4.69) is 25.9 Å². The van der Waals surface area contributed by atoms with Crippen molar-refractivity contribution in [1.29, 1.82) is 0 Å². The Hall–Kier alpha value is -1.10. The van der Waals surface area contributed by atoms with E-state index >= 15 is 0 Å². The molecule has 0 saturated carbocycles. The molecule has 1 aromatic rings. The van der Waals surface area contributed by atoms with Crippen LogP contribution in [-0.4, -0.2) is 17.1 Å². The number of rotatable bonds is 2. The molecule has 0 bridgehead atoms. The van der Waals surface area contributed by atoms with Crippen LogP contribution in [0.1, 0.15) is 5.56 Å². The summed E-state index contributed by atoms with van der Waals surface area (Å²) in [6.07, 6.45) is 3.09. The summed E-state index contributed by atoms with van der Waals surface area (Å²) in [5, 5.41) is 0. The van der Waals surface area contributed by atoms with Gasteiger partial charge in [-0.15, -0.1) is 0 Å². The summed E-state index contributed by atoms with van der Waals surface area (Å²) in [5.41, 5.74) is 6.26. The van der Waals surface area contributed by atoms with Gasteiger partial charge in [-0.1, -0.05) is 15.9 Å². The number of aromatic nitrogens is 2. The maximum absolute atomic E-state index is 5.58. The molecule has 4 nitrogen and oxygen atoms in total. The number of ether oxygens (including phenoxy) is 1. The Labute approximate surface area is 78.6 Å². The SMILES string of the molecule is COc1ncnc(N)c1/C=C/Br. The van der Waals surface area contributed by atoms with E-state index in [-0.39, 0.29) is 0 Å². The van der Waals surface area contributed by atoms with Crippen LogP contribution in [0.15, 0.2) is 11.3 Å². The maximum atomic E-state index is 5.58. The fraction of sp³-hybridized carbons (Fsp3) is 0.143. The van der Waals surface area contributed by atoms with Crippen LogP contribution in [0.2, 0.25) is 0 Å². The first kappa shape index (κ1) is 8.99. The minimum atomic E-state index is 0.401.